The van der Waals surface area contributed by atoms with E-state index in [-0.39, 0.29) is 17.6 Å². The smallest absolute Gasteiger partial charge is 0.233 e. The summed E-state index contributed by atoms with van der Waals surface area (Å²) in [6.45, 7) is 1.83. The molecule has 1 aliphatic rings. The molecule has 1 aromatic carbocycles. The Balaban J connectivity index is 1.69. The van der Waals surface area contributed by atoms with Gasteiger partial charge in [0.05, 0.1) is 7.11 Å². The van der Waals surface area contributed by atoms with Gasteiger partial charge in [-0.25, -0.2) is 4.39 Å². The predicted octanol–water partition coefficient (Wildman–Crippen LogP) is 1.85. The first-order valence-corrected chi connectivity index (χ1v) is 8.11. The quantitative estimate of drug-likeness (QED) is 0.728. The highest BCUT2D eigenvalue weighted by Gasteiger charge is 2.20. The second kappa shape index (κ2) is 7.47. The number of aromatic nitrogens is 3. The fourth-order valence-corrected chi connectivity index (χ4v) is 2.85. The van der Waals surface area contributed by atoms with Gasteiger partial charge in [-0.05, 0) is 38.6 Å². The number of rotatable bonds is 6. The molecule has 1 saturated heterocycles. The number of nitrogen functional groups attached to an aromatic ring is 1. The van der Waals surface area contributed by atoms with Crippen molar-refractivity contribution in [2.75, 3.05) is 43.6 Å². The Hall–Kier alpha value is -2.68. The molecule has 1 aliphatic heterocycles. The van der Waals surface area contributed by atoms with E-state index in [9.17, 15) is 4.39 Å². The van der Waals surface area contributed by atoms with Crippen molar-refractivity contribution in [3.05, 3.63) is 24.0 Å². The summed E-state index contributed by atoms with van der Waals surface area (Å²) in [6, 6.07) is 4.95. The van der Waals surface area contributed by atoms with Crippen molar-refractivity contribution in [2.24, 2.45) is 0 Å². The number of hydrogen-bond donors (Lipinski definition) is 3. The summed E-state index contributed by atoms with van der Waals surface area (Å²) >= 11 is 0. The summed E-state index contributed by atoms with van der Waals surface area (Å²) in [4.78, 5) is 14.7. The average Bonchev–Trinajstić information content (AvgIpc) is 2.98. The van der Waals surface area contributed by atoms with Crippen LogP contribution in [0.15, 0.2) is 18.2 Å². The summed E-state index contributed by atoms with van der Waals surface area (Å²) in [7, 11) is 3.52. The second-order valence-electron chi connectivity index (χ2n) is 5.97. The van der Waals surface area contributed by atoms with Gasteiger partial charge in [0, 0.05) is 24.3 Å². The number of halogens is 1. The summed E-state index contributed by atoms with van der Waals surface area (Å²) in [6.07, 6.45) is 2.33. The summed E-state index contributed by atoms with van der Waals surface area (Å²) in [5.41, 5.74) is 6.24. The molecule has 0 bridgehead atoms. The number of ether oxygens (including phenoxy) is 1. The van der Waals surface area contributed by atoms with Gasteiger partial charge in [0.2, 0.25) is 17.8 Å². The van der Waals surface area contributed by atoms with E-state index in [1.165, 1.54) is 25.7 Å². The third kappa shape index (κ3) is 4.24. The van der Waals surface area contributed by atoms with Gasteiger partial charge in [-0.2, -0.15) is 15.0 Å². The molecule has 9 heteroatoms. The Labute approximate surface area is 145 Å². The number of hydrogen-bond acceptors (Lipinski definition) is 8. The molecule has 1 unspecified atom stereocenters. The van der Waals surface area contributed by atoms with Gasteiger partial charge in [0.15, 0.2) is 11.6 Å². The third-order valence-electron chi connectivity index (χ3n) is 4.23. The molecular formula is C16H22FN7O. The van der Waals surface area contributed by atoms with Gasteiger partial charge < -0.3 is 26.0 Å². The zero-order valence-corrected chi connectivity index (χ0v) is 14.3. The van der Waals surface area contributed by atoms with Crippen LogP contribution in [0.1, 0.15) is 12.8 Å². The van der Waals surface area contributed by atoms with E-state index >= 15 is 0 Å². The first-order chi connectivity index (χ1) is 12.0. The fraction of sp³-hybridized carbons (Fsp3) is 0.438. The number of methoxy groups -OCH3 is 1. The lowest BCUT2D eigenvalue weighted by molar-refractivity contribution is 0.322. The molecule has 2 aromatic rings. The first kappa shape index (κ1) is 17.2. The molecule has 1 fully saturated rings. The van der Waals surface area contributed by atoms with E-state index in [0.717, 1.165) is 19.5 Å². The number of likely N-dealkylation sites (tertiary alicyclic amines) is 1. The Morgan fingerprint density at radius 3 is 2.80 bits per heavy atom. The second-order valence-corrected chi connectivity index (χ2v) is 5.97. The number of nitrogens with one attached hydrogen (secondary N) is 2. The molecule has 0 aliphatic carbocycles. The Morgan fingerprint density at radius 1 is 1.32 bits per heavy atom. The molecule has 2 heterocycles. The highest BCUT2D eigenvalue weighted by atomic mass is 19.1. The summed E-state index contributed by atoms with van der Waals surface area (Å²) in [5.74, 6) is 0.429. The minimum absolute atomic E-state index is 0.0914. The van der Waals surface area contributed by atoms with Crippen molar-refractivity contribution in [2.45, 2.75) is 18.9 Å². The monoisotopic (exact) mass is 347 g/mol. The van der Waals surface area contributed by atoms with Crippen LogP contribution >= 0.6 is 0 Å². The van der Waals surface area contributed by atoms with E-state index in [4.69, 9.17) is 10.5 Å². The molecule has 0 radical (unpaired) electrons. The van der Waals surface area contributed by atoms with Gasteiger partial charge in [-0.3, -0.25) is 0 Å². The van der Waals surface area contributed by atoms with Crippen LogP contribution in [0.4, 0.5) is 27.9 Å². The zero-order chi connectivity index (χ0) is 17.8. The third-order valence-corrected chi connectivity index (χ3v) is 4.23. The molecule has 4 N–H and O–H groups in total. The van der Waals surface area contributed by atoms with E-state index in [2.05, 4.69) is 37.5 Å². The van der Waals surface area contributed by atoms with E-state index in [0.29, 0.717) is 17.7 Å². The lowest BCUT2D eigenvalue weighted by Gasteiger charge is -2.19. The number of anilines is 4. The lowest BCUT2D eigenvalue weighted by Crippen LogP contribution is -2.32. The van der Waals surface area contributed by atoms with Crippen molar-refractivity contribution >= 4 is 23.5 Å². The molecule has 0 saturated carbocycles. The zero-order valence-electron chi connectivity index (χ0n) is 14.3. The topological polar surface area (TPSA) is 101 Å². The van der Waals surface area contributed by atoms with Crippen LogP contribution in [0.3, 0.4) is 0 Å². The van der Waals surface area contributed by atoms with E-state index in [1.54, 1.807) is 6.07 Å². The molecule has 1 atom stereocenters. The van der Waals surface area contributed by atoms with Gasteiger partial charge in [0.25, 0.3) is 0 Å². The normalized spacial score (nSPS) is 17.5. The minimum Gasteiger partial charge on any atom is -0.494 e. The van der Waals surface area contributed by atoms with Crippen molar-refractivity contribution in [3.8, 4) is 5.75 Å². The predicted molar refractivity (Wildman–Crippen MR) is 94.6 cm³/mol. The van der Waals surface area contributed by atoms with Crippen LogP contribution in [0.5, 0.6) is 5.75 Å². The fourth-order valence-electron chi connectivity index (χ4n) is 2.85. The van der Waals surface area contributed by atoms with Gasteiger partial charge >= 0.3 is 0 Å². The molecule has 3 rings (SSSR count). The molecule has 0 spiro atoms. The van der Waals surface area contributed by atoms with Crippen LogP contribution in [-0.4, -0.2) is 53.1 Å². The van der Waals surface area contributed by atoms with Crippen molar-refractivity contribution in [1.82, 2.24) is 19.9 Å². The highest BCUT2D eigenvalue weighted by molar-refractivity contribution is 5.56. The summed E-state index contributed by atoms with van der Waals surface area (Å²) < 4.78 is 18.7. The first-order valence-electron chi connectivity index (χ1n) is 8.11. The maximum atomic E-state index is 13.8. The largest absolute Gasteiger partial charge is 0.494 e. The number of likely N-dealkylation sites (N-methyl/N-ethyl adjacent to an activating group) is 1. The van der Waals surface area contributed by atoms with E-state index < -0.39 is 5.82 Å². The maximum absolute atomic E-state index is 13.8. The molecule has 25 heavy (non-hydrogen) atoms. The van der Waals surface area contributed by atoms with Crippen molar-refractivity contribution in [1.29, 1.82) is 0 Å². The Kier molecular flexibility index (Phi) is 5.13. The number of nitrogens with two attached hydrogens (primary N) is 1. The van der Waals surface area contributed by atoms with Gasteiger partial charge in [-0.1, -0.05) is 0 Å². The lowest BCUT2D eigenvalue weighted by atomic mass is 10.2. The Bertz CT molecular complexity index is 742. The maximum Gasteiger partial charge on any atom is 0.233 e. The van der Waals surface area contributed by atoms with Crippen molar-refractivity contribution in [3.63, 3.8) is 0 Å². The minimum atomic E-state index is -0.475. The highest BCUT2D eigenvalue weighted by Crippen LogP contribution is 2.23. The molecular weight excluding hydrogens is 325 g/mol. The van der Waals surface area contributed by atoms with Crippen LogP contribution in [0.25, 0.3) is 0 Å². The van der Waals surface area contributed by atoms with Crippen LogP contribution in [0.2, 0.25) is 0 Å². The van der Waals surface area contributed by atoms with Crippen molar-refractivity contribution < 1.29 is 9.13 Å². The van der Waals surface area contributed by atoms with Crippen LogP contribution < -0.4 is 21.1 Å². The van der Waals surface area contributed by atoms with Crippen LogP contribution in [-0.2, 0) is 0 Å². The SMILES string of the molecule is COc1ccc(Nc2nc(N)nc(NCC3CCCN3C)n2)cc1F. The number of benzene rings is 1. The Morgan fingerprint density at radius 2 is 2.12 bits per heavy atom. The molecule has 1 aromatic heterocycles. The average molecular weight is 347 g/mol. The summed E-state index contributed by atoms with van der Waals surface area (Å²) in [5, 5.41) is 6.12. The number of nitrogens with zero attached hydrogens (tertiary/aromatic N) is 4. The standard InChI is InChI=1S/C16H22FN7O/c1-24-7-3-4-11(24)9-19-15-21-14(18)22-16(23-15)20-10-5-6-13(25-2)12(17)8-10/h5-6,8,11H,3-4,7,9H2,1-2H3,(H4,18,19,20,21,22,23). The van der Waals surface area contributed by atoms with Gasteiger partial charge in [0.1, 0.15) is 0 Å². The molecule has 134 valence electrons. The molecule has 0 amide bonds. The van der Waals surface area contributed by atoms with Crippen LogP contribution in [0, 0.1) is 5.82 Å². The molecule has 8 nitrogen and oxygen atoms in total. The van der Waals surface area contributed by atoms with Gasteiger partial charge in [-0.15, -0.1) is 0 Å². The van der Waals surface area contributed by atoms with E-state index in [1.807, 2.05) is 0 Å².